The summed E-state index contributed by atoms with van der Waals surface area (Å²) in [5.41, 5.74) is 0. The van der Waals surface area contributed by atoms with Crippen molar-refractivity contribution in [3.05, 3.63) is 51.7 Å². The van der Waals surface area contributed by atoms with Crippen molar-refractivity contribution in [2.75, 3.05) is 52.9 Å². The van der Waals surface area contributed by atoms with Crippen LogP contribution in [0.1, 0.15) is 9.67 Å². The van der Waals surface area contributed by atoms with Crippen LogP contribution in [0.2, 0.25) is 5.02 Å². The van der Waals surface area contributed by atoms with E-state index in [1.165, 1.54) is 11.3 Å². The number of nitrogens with one attached hydrogen (secondary N) is 1. The summed E-state index contributed by atoms with van der Waals surface area (Å²) < 4.78 is 5.69. The average Bonchev–Trinajstić information content (AvgIpc) is 3.24. The molecule has 1 aliphatic rings. The molecule has 2 aromatic rings. The molecular formula is C20H25ClN3O3S+. The van der Waals surface area contributed by atoms with Gasteiger partial charge in [-0.2, -0.15) is 0 Å². The number of halogens is 1. The minimum absolute atomic E-state index is 0.0594. The molecule has 0 aliphatic carbocycles. The second-order valence-electron chi connectivity index (χ2n) is 6.84. The third-order valence-corrected chi connectivity index (χ3v) is 5.83. The zero-order chi connectivity index (χ0) is 19.9. The van der Waals surface area contributed by atoms with Crippen molar-refractivity contribution in [3.63, 3.8) is 0 Å². The molecule has 1 N–H and O–H groups in total. The van der Waals surface area contributed by atoms with Crippen molar-refractivity contribution in [1.82, 2.24) is 9.80 Å². The molecule has 1 aliphatic heterocycles. The highest BCUT2D eigenvalue weighted by molar-refractivity contribution is 7.12. The normalized spacial score (nSPS) is 15.4. The van der Waals surface area contributed by atoms with Crippen molar-refractivity contribution in [3.8, 4) is 5.75 Å². The molecule has 1 fully saturated rings. The number of carbonyl (C=O) groups excluding carboxylic acids is 2. The monoisotopic (exact) mass is 422 g/mol. The lowest BCUT2D eigenvalue weighted by molar-refractivity contribution is -0.871. The summed E-state index contributed by atoms with van der Waals surface area (Å²) in [5.74, 6) is 0.950. The third-order valence-electron chi connectivity index (χ3n) is 4.72. The van der Waals surface area contributed by atoms with E-state index < -0.39 is 0 Å². The van der Waals surface area contributed by atoms with E-state index in [9.17, 15) is 9.59 Å². The molecule has 1 aromatic heterocycles. The molecule has 2 amide bonds. The van der Waals surface area contributed by atoms with E-state index in [2.05, 4.69) is 0 Å². The Labute approximate surface area is 174 Å². The lowest BCUT2D eigenvalue weighted by Crippen LogP contribution is -3.10. The van der Waals surface area contributed by atoms with Crippen molar-refractivity contribution in [2.24, 2.45) is 0 Å². The van der Waals surface area contributed by atoms with E-state index in [4.69, 9.17) is 16.3 Å². The third kappa shape index (κ3) is 5.70. The first kappa shape index (κ1) is 20.6. The zero-order valence-corrected chi connectivity index (χ0v) is 17.5. The Morgan fingerprint density at radius 1 is 1.11 bits per heavy atom. The van der Waals surface area contributed by atoms with Crippen molar-refractivity contribution < 1.29 is 19.2 Å². The van der Waals surface area contributed by atoms with Gasteiger partial charge in [-0.3, -0.25) is 9.59 Å². The lowest BCUT2D eigenvalue weighted by Gasteiger charge is -2.34. The number of quaternary nitrogens is 1. The van der Waals surface area contributed by atoms with Crippen LogP contribution < -0.4 is 9.64 Å². The fraction of sp³-hybridized carbons (Fsp3) is 0.400. The summed E-state index contributed by atoms with van der Waals surface area (Å²) in [6.07, 6.45) is 0. The number of carbonyl (C=O) groups is 2. The maximum atomic E-state index is 12.5. The highest BCUT2D eigenvalue weighted by atomic mass is 35.5. The fourth-order valence-corrected chi connectivity index (χ4v) is 3.86. The summed E-state index contributed by atoms with van der Waals surface area (Å²) in [5, 5.41) is 2.58. The first-order chi connectivity index (χ1) is 13.5. The standard InChI is InChI=1S/C20H24ClN3O3S/c1-22(12-13-27-17-6-4-16(21)5-7-17)15-19(25)23-8-10-24(11-9-23)20(26)18-3-2-14-28-18/h2-7,14H,8-13,15H2,1H3/p+1. The van der Waals surface area contributed by atoms with E-state index in [0.29, 0.717) is 44.4 Å². The molecular weight excluding hydrogens is 398 g/mol. The Kier molecular flexibility index (Phi) is 7.30. The molecule has 0 bridgehead atoms. The molecule has 3 rings (SSSR count). The molecule has 6 nitrogen and oxygen atoms in total. The van der Waals surface area contributed by atoms with E-state index in [-0.39, 0.29) is 11.8 Å². The van der Waals surface area contributed by atoms with Crippen LogP contribution in [-0.4, -0.2) is 74.5 Å². The van der Waals surface area contributed by atoms with Crippen molar-refractivity contribution in [2.45, 2.75) is 0 Å². The fourth-order valence-electron chi connectivity index (χ4n) is 3.05. The first-order valence-corrected chi connectivity index (χ1v) is 10.6. The molecule has 28 heavy (non-hydrogen) atoms. The van der Waals surface area contributed by atoms with E-state index >= 15 is 0 Å². The molecule has 0 radical (unpaired) electrons. The summed E-state index contributed by atoms with van der Waals surface area (Å²) in [6, 6.07) is 11.0. The van der Waals surface area contributed by atoms with Gasteiger partial charge >= 0.3 is 0 Å². The summed E-state index contributed by atoms with van der Waals surface area (Å²) in [4.78, 5) is 30.4. The Morgan fingerprint density at radius 2 is 1.79 bits per heavy atom. The Balaban J connectivity index is 1.36. The van der Waals surface area contributed by atoms with Gasteiger partial charge in [-0.05, 0) is 35.7 Å². The zero-order valence-electron chi connectivity index (χ0n) is 15.9. The van der Waals surface area contributed by atoms with Gasteiger partial charge in [0.2, 0.25) is 0 Å². The van der Waals surface area contributed by atoms with E-state index in [1.54, 1.807) is 12.1 Å². The van der Waals surface area contributed by atoms with Gasteiger partial charge < -0.3 is 19.4 Å². The molecule has 1 aromatic carbocycles. The second kappa shape index (κ2) is 9.91. The summed E-state index contributed by atoms with van der Waals surface area (Å²) in [7, 11) is 1.99. The molecule has 0 spiro atoms. The predicted octanol–water partition coefficient (Wildman–Crippen LogP) is 1.28. The van der Waals surface area contributed by atoms with Gasteiger partial charge in [-0.25, -0.2) is 0 Å². The van der Waals surface area contributed by atoms with E-state index in [1.807, 2.05) is 46.5 Å². The van der Waals surface area contributed by atoms with Gasteiger partial charge in [0, 0.05) is 31.2 Å². The number of piperazine rings is 1. The minimum atomic E-state index is 0.0594. The van der Waals surface area contributed by atoms with Gasteiger partial charge in [0.15, 0.2) is 6.54 Å². The van der Waals surface area contributed by atoms with Crippen LogP contribution in [0.5, 0.6) is 5.75 Å². The molecule has 1 atom stereocenters. The van der Waals surface area contributed by atoms with Gasteiger partial charge in [0.25, 0.3) is 11.8 Å². The molecule has 1 saturated heterocycles. The van der Waals surface area contributed by atoms with Crippen LogP contribution in [0.15, 0.2) is 41.8 Å². The smallest absolute Gasteiger partial charge is 0.277 e. The largest absolute Gasteiger partial charge is 0.488 e. The SMILES string of the molecule is C[NH+](CCOc1ccc(Cl)cc1)CC(=O)N1CCN(C(=O)c2cccs2)CC1. The number of rotatable bonds is 7. The molecule has 1 unspecified atom stereocenters. The lowest BCUT2D eigenvalue weighted by atomic mass is 10.3. The van der Waals surface area contributed by atoms with Crippen LogP contribution in [0.4, 0.5) is 0 Å². The topological polar surface area (TPSA) is 54.3 Å². The predicted molar refractivity (Wildman–Crippen MR) is 110 cm³/mol. The van der Waals surface area contributed by atoms with Crippen LogP contribution in [0, 0.1) is 0 Å². The summed E-state index contributed by atoms with van der Waals surface area (Å²) in [6.45, 7) is 4.02. The number of nitrogens with zero attached hydrogens (tertiary/aromatic N) is 2. The van der Waals surface area contributed by atoms with Gasteiger partial charge in [0.1, 0.15) is 18.9 Å². The number of likely N-dealkylation sites (N-methyl/N-ethyl adjacent to an activating group) is 1. The van der Waals surface area contributed by atoms with Gasteiger partial charge in [0.05, 0.1) is 11.9 Å². The molecule has 8 heteroatoms. The van der Waals surface area contributed by atoms with Crippen LogP contribution in [0.3, 0.4) is 0 Å². The van der Waals surface area contributed by atoms with E-state index in [0.717, 1.165) is 22.1 Å². The minimum Gasteiger partial charge on any atom is -0.488 e. The maximum absolute atomic E-state index is 12.5. The van der Waals surface area contributed by atoms with Crippen LogP contribution in [0.25, 0.3) is 0 Å². The molecule has 0 saturated carbocycles. The first-order valence-electron chi connectivity index (χ1n) is 9.33. The number of benzene rings is 1. The quantitative estimate of drug-likeness (QED) is 0.731. The number of ether oxygens (including phenoxy) is 1. The maximum Gasteiger partial charge on any atom is 0.277 e. The van der Waals surface area contributed by atoms with Gasteiger partial charge in [-0.15, -0.1) is 11.3 Å². The highest BCUT2D eigenvalue weighted by Crippen LogP contribution is 2.15. The number of hydrogen-bond acceptors (Lipinski definition) is 4. The van der Waals surface area contributed by atoms with Crippen LogP contribution in [-0.2, 0) is 4.79 Å². The van der Waals surface area contributed by atoms with Crippen molar-refractivity contribution in [1.29, 1.82) is 0 Å². The van der Waals surface area contributed by atoms with Crippen LogP contribution >= 0.6 is 22.9 Å². The molecule has 2 heterocycles. The Bertz CT molecular complexity index is 775. The second-order valence-corrected chi connectivity index (χ2v) is 8.22. The van der Waals surface area contributed by atoms with Crippen molar-refractivity contribution >= 4 is 34.8 Å². The Morgan fingerprint density at radius 3 is 2.43 bits per heavy atom. The highest BCUT2D eigenvalue weighted by Gasteiger charge is 2.26. The summed E-state index contributed by atoms with van der Waals surface area (Å²) >= 11 is 7.31. The number of thiophene rings is 1. The number of hydrogen-bond donors (Lipinski definition) is 1. The molecule has 150 valence electrons. The number of amides is 2. The average molecular weight is 423 g/mol. The Hall–Kier alpha value is -2.09. The van der Waals surface area contributed by atoms with Gasteiger partial charge in [-0.1, -0.05) is 17.7 Å².